The summed E-state index contributed by atoms with van der Waals surface area (Å²) in [4.78, 5) is 32.2. The van der Waals surface area contributed by atoms with Gasteiger partial charge in [-0.2, -0.15) is 0 Å². The van der Waals surface area contributed by atoms with Gasteiger partial charge in [0.05, 0.1) is 11.8 Å². The Labute approximate surface area is 216 Å². The number of nitrogens with zero attached hydrogens (tertiary/aromatic N) is 2. The summed E-state index contributed by atoms with van der Waals surface area (Å²) in [6.07, 6.45) is 2.50. The van der Waals surface area contributed by atoms with Crippen molar-refractivity contribution in [3.05, 3.63) is 53.5 Å². The van der Waals surface area contributed by atoms with Crippen molar-refractivity contribution in [3.63, 3.8) is 0 Å². The number of carboxylic acid groups (broad SMARTS) is 1. The lowest BCUT2D eigenvalue weighted by atomic mass is 9.78. The average molecular weight is 510 g/mol. The standard InChI is InChI=1S/C28H35N3O4S/c1-5-20-17-36-27(29-20)30-24(18(2)3)25(32)31(4)28(26(33)34)15-13-21(14-16-28)35-23-12-8-10-19-9-6-7-11-22(19)23/h6-12,17-18,21,24H,5,13-16H2,1-4H3,(H,29,30)(H,33,34)/t21-,24-,28+/m0/s1. The van der Waals surface area contributed by atoms with E-state index in [0.29, 0.717) is 30.8 Å². The van der Waals surface area contributed by atoms with Crippen LogP contribution in [0.3, 0.4) is 0 Å². The minimum atomic E-state index is -1.26. The van der Waals surface area contributed by atoms with Gasteiger partial charge < -0.3 is 20.1 Å². The van der Waals surface area contributed by atoms with Crippen molar-refractivity contribution < 1.29 is 19.4 Å². The molecular formula is C28H35N3O4S. The van der Waals surface area contributed by atoms with Crippen molar-refractivity contribution in [2.45, 2.75) is 70.6 Å². The van der Waals surface area contributed by atoms with E-state index in [1.54, 1.807) is 7.05 Å². The Morgan fingerprint density at radius 3 is 2.53 bits per heavy atom. The number of amides is 1. The maximum absolute atomic E-state index is 13.6. The highest BCUT2D eigenvalue weighted by Gasteiger charge is 2.49. The molecule has 3 aromatic rings. The first-order valence-corrected chi connectivity index (χ1v) is 13.5. The molecule has 8 heteroatoms. The second kappa shape index (κ2) is 10.9. The van der Waals surface area contributed by atoms with Crippen LogP contribution in [0.4, 0.5) is 5.13 Å². The van der Waals surface area contributed by atoms with E-state index in [2.05, 4.69) is 10.3 Å². The zero-order valence-corrected chi connectivity index (χ0v) is 22.2. The molecular weight excluding hydrogens is 474 g/mol. The van der Waals surface area contributed by atoms with E-state index in [1.807, 2.05) is 68.6 Å². The van der Waals surface area contributed by atoms with Gasteiger partial charge in [0.1, 0.15) is 17.3 Å². The van der Waals surface area contributed by atoms with Crippen LogP contribution in [0.2, 0.25) is 0 Å². The number of carbonyl (C=O) groups excluding carboxylic acids is 1. The summed E-state index contributed by atoms with van der Waals surface area (Å²) in [5.41, 5.74) is -0.292. The highest BCUT2D eigenvalue weighted by atomic mass is 32.1. The summed E-state index contributed by atoms with van der Waals surface area (Å²) >= 11 is 1.47. The van der Waals surface area contributed by atoms with Gasteiger partial charge in [-0.05, 0) is 49.5 Å². The molecule has 0 bridgehead atoms. The molecule has 4 rings (SSSR count). The minimum absolute atomic E-state index is 0.0363. The number of aryl methyl sites for hydroxylation is 1. The molecule has 0 aliphatic heterocycles. The predicted octanol–water partition coefficient (Wildman–Crippen LogP) is 5.60. The van der Waals surface area contributed by atoms with E-state index in [0.717, 1.165) is 28.6 Å². The molecule has 0 saturated heterocycles. The minimum Gasteiger partial charge on any atom is -0.490 e. The fourth-order valence-corrected chi connectivity index (χ4v) is 5.79. The van der Waals surface area contributed by atoms with Crippen LogP contribution in [0, 0.1) is 5.92 Å². The molecule has 1 aromatic heterocycles. The fourth-order valence-electron chi connectivity index (χ4n) is 4.96. The van der Waals surface area contributed by atoms with Crippen LogP contribution in [-0.2, 0) is 16.0 Å². The van der Waals surface area contributed by atoms with Crippen LogP contribution < -0.4 is 10.1 Å². The van der Waals surface area contributed by atoms with Crippen molar-refractivity contribution in [1.82, 2.24) is 9.88 Å². The lowest BCUT2D eigenvalue weighted by Crippen LogP contribution is -2.61. The van der Waals surface area contributed by atoms with Crippen LogP contribution in [-0.4, -0.2) is 51.6 Å². The number of ether oxygens (including phenoxy) is 1. The number of fused-ring (bicyclic) bond motifs is 1. The number of likely N-dealkylation sites (N-methyl/N-ethyl adjacent to an activating group) is 1. The molecule has 0 spiro atoms. The van der Waals surface area contributed by atoms with Crippen LogP contribution in [0.25, 0.3) is 10.8 Å². The third-order valence-electron chi connectivity index (χ3n) is 7.30. The van der Waals surface area contributed by atoms with Crippen molar-refractivity contribution in [1.29, 1.82) is 0 Å². The lowest BCUT2D eigenvalue weighted by molar-refractivity contribution is -0.162. The molecule has 192 valence electrons. The van der Waals surface area contributed by atoms with Crippen molar-refractivity contribution in [2.75, 3.05) is 12.4 Å². The van der Waals surface area contributed by atoms with Gasteiger partial charge in [-0.15, -0.1) is 11.3 Å². The van der Waals surface area contributed by atoms with Crippen LogP contribution in [0.5, 0.6) is 5.75 Å². The molecule has 1 saturated carbocycles. The summed E-state index contributed by atoms with van der Waals surface area (Å²) in [5.74, 6) is -0.420. The molecule has 7 nitrogen and oxygen atoms in total. The average Bonchev–Trinajstić information content (AvgIpc) is 3.35. The third kappa shape index (κ3) is 5.19. The van der Waals surface area contributed by atoms with Crippen LogP contribution in [0.1, 0.15) is 52.1 Å². The van der Waals surface area contributed by atoms with Gasteiger partial charge in [-0.1, -0.05) is 57.2 Å². The summed E-state index contributed by atoms with van der Waals surface area (Å²) in [6, 6.07) is 13.5. The van der Waals surface area contributed by atoms with E-state index in [1.165, 1.54) is 16.2 Å². The Morgan fingerprint density at radius 2 is 1.89 bits per heavy atom. The highest BCUT2D eigenvalue weighted by molar-refractivity contribution is 7.13. The normalized spacial score (nSPS) is 20.8. The quantitative estimate of drug-likeness (QED) is 0.390. The Hall–Kier alpha value is -3.13. The summed E-state index contributed by atoms with van der Waals surface area (Å²) in [6.45, 7) is 5.95. The number of rotatable bonds is 9. The topological polar surface area (TPSA) is 91.8 Å². The Kier molecular flexibility index (Phi) is 7.83. The first kappa shape index (κ1) is 25.9. The zero-order chi connectivity index (χ0) is 25.9. The first-order chi connectivity index (χ1) is 17.2. The number of hydrogen-bond acceptors (Lipinski definition) is 6. The molecule has 1 amide bonds. The predicted molar refractivity (Wildman–Crippen MR) is 144 cm³/mol. The largest absolute Gasteiger partial charge is 0.490 e. The van der Waals surface area contributed by atoms with Crippen LogP contribution >= 0.6 is 11.3 Å². The first-order valence-electron chi connectivity index (χ1n) is 12.6. The summed E-state index contributed by atoms with van der Waals surface area (Å²) < 4.78 is 6.34. The number of carbonyl (C=O) groups is 2. The van der Waals surface area contributed by atoms with E-state index in [4.69, 9.17) is 4.74 Å². The number of anilines is 1. The summed E-state index contributed by atoms with van der Waals surface area (Å²) in [7, 11) is 1.62. The summed E-state index contributed by atoms with van der Waals surface area (Å²) in [5, 5.41) is 18.4. The van der Waals surface area contributed by atoms with Crippen molar-refractivity contribution in [2.24, 2.45) is 5.92 Å². The zero-order valence-electron chi connectivity index (χ0n) is 21.4. The van der Waals surface area contributed by atoms with Gasteiger partial charge >= 0.3 is 5.97 Å². The molecule has 1 heterocycles. The molecule has 1 fully saturated rings. The van der Waals surface area contributed by atoms with Gasteiger partial charge in [0.15, 0.2) is 5.13 Å². The second-order valence-corrected chi connectivity index (χ2v) is 10.8. The Bertz CT molecular complexity index is 1210. The lowest BCUT2D eigenvalue weighted by Gasteiger charge is -2.44. The third-order valence-corrected chi connectivity index (χ3v) is 8.12. The molecule has 0 radical (unpaired) electrons. The maximum atomic E-state index is 13.6. The number of hydrogen-bond donors (Lipinski definition) is 2. The van der Waals surface area contributed by atoms with Gasteiger partial charge in [0.25, 0.3) is 0 Å². The van der Waals surface area contributed by atoms with E-state index >= 15 is 0 Å². The number of aliphatic carboxylic acids is 1. The monoisotopic (exact) mass is 509 g/mol. The van der Waals surface area contributed by atoms with E-state index in [-0.39, 0.29) is 17.9 Å². The van der Waals surface area contributed by atoms with Crippen molar-refractivity contribution >= 4 is 39.1 Å². The molecule has 1 atom stereocenters. The second-order valence-electron chi connectivity index (χ2n) is 9.89. The van der Waals surface area contributed by atoms with E-state index in [9.17, 15) is 14.7 Å². The Balaban J connectivity index is 1.48. The van der Waals surface area contributed by atoms with Gasteiger partial charge in [0.2, 0.25) is 5.91 Å². The Morgan fingerprint density at radius 1 is 1.19 bits per heavy atom. The fraction of sp³-hybridized carbons (Fsp3) is 0.464. The molecule has 2 aromatic carbocycles. The van der Waals surface area contributed by atoms with Crippen LogP contribution in [0.15, 0.2) is 47.8 Å². The highest BCUT2D eigenvalue weighted by Crippen LogP contribution is 2.37. The molecule has 1 aliphatic carbocycles. The van der Waals surface area contributed by atoms with Gasteiger partial charge in [-0.25, -0.2) is 9.78 Å². The van der Waals surface area contributed by atoms with Crippen molar-refractivity contribution in [3.8, 4) is 5.75 Å². The SMILES string of the molecule is CCc1csc(N[C@H](C(=O)N(C)[C@]2(C(=O)O)CC[C@H](Oc3cccc4ccccc34)CC2)C(C)C)n1. The molecule has 2 N–H and O–H groups in total. The maximum Gasteiger partial charge on any atom is 0.329 e. The number of benzene rings is 2. The number of nitrogens with one attached hydrogen (secondary N) is 1. The number of carboxylic acids is 1. The molecule has 1 aliphatic rings. The van der Waals surface area contributed by atoms with E-state index < -0.39 is 17.6 Å². The molecule has 36 heavy (non-hydrogen) atoms. The molecule has 0 unspecified atom stereocenters. The smallest absolute Gasteiger partial charge is 0.329 e. The number of aromatic nitrogens is 1. The van der Waals surface area contributed by atoms with Gasteiger partial charge in [-0.3, -0.25) is 4.79 Å². The van der Waals surface area contributed by atoms with Gasteiger partial charge in [0, 0.05) is 17.8 Å². The number of thiazole rings is 1.